The second-order valence-corrected chi connectivity index (χ2v) is 6.08. The number of rotatable bonds is 3. The fourth-order valence-electron chi connectivity index (χ4n) is 2.54. The van der Waals surface area contributed by atoms with Gasteiger partial charge in [-0.15, -0.1) is 0 Å². The Morgan fingerprint density at radius 3 is 2.78 bits per heavy atom. The number of aromatic amines is 1. The van der Waals surface area contributed by atoms with Gasteiger partial charge in [-0.3, -0.25) is 0 Å². The van der Waals surface area contributed by atoms with Crippen LogP contribution in [0, 0.1) is 0 Å². The van der Waals surface area contributed by atoms with Crippen molar-refractivity contribution in [3.63, 3.8) is 0 Å². The lowest BCUT2D eigenvalue weighted by Crippen LogP contribution is -1.93. The maximum absolute atomic E-state index is 6.23. The molecule has 4 nitrogen and oxygen atoms in total. The van der Waals surface area contributed by atoms with Gasteiger partial charge in [0.05, 0.1) is 16.9 Å². The van der Waals surface area contributed by atoms with Crippen LogP contribution in [0.3, 0.4) is 0 Å². The van der Waals surface area contributed by atoms with Gasteiger partial charge < -0.3 is 14.5 Å². The molecule has 0 spiro atoms. The third-order valence-electron chi connectivity index (χ3n) is 3.66. The molecule has 23 heavy (non-hydrogen) atoms. The van der Waals surface area contributed by atoms with Gasteiger partial charge in [0.1, 0.15) is 5.82 Å². The number of H-pyrrole nitrogens is 1. The first-order valence-corrected chi connectivity index (χ1v) is 7.82. The first kappa shape index (κ1) is 14.4. The molecule has 0 aliphatic carbocycles. The van der Waals surface area contributed by atoms with Gasteiger partial charge in [-0.25, -0.2) is 4.98 Å². The maximum Gasteiger partial charge on any atom is 0.231 e. The molecule has 0 unspecified atom stereocenters. The normalized spacial score (nSPS) is 12.6. The van der Waals surface area contributed by atoms with Crippen LogP contribution in [0.4, 0.5) is 0 Å². The fraction of sp³-hybridized carbons (Fsp3) is 0.118. The largest absolute Gasteiger partial charge is 0.454 e. The molecule has 1 N–H and O–H groups in total. The lowest BCUT2D eigenvalue weighted by Gasteiger charge is -2.03. The van der Waals surface area contributed by atoms with Crippen molar-refractivity contribution >= 4 is 23.2 Å². The molecule has 4 rings (SSSR count). The summed E-state index contributed by atoms with van der Waals surface area (Å²) < 4.78 is 10.7. The number of hydrogen-bond acceptors (Lipinski definition) is 3. The van der Waals surface area contributed by atoms with Crippen molar-refractivity contribution in [3.8, 4) is 22.8 Å². The van der Waals surface area contributed by atoms with Crippen LogP contribution in [0.5, 0.6) is 11.5 Å². The van der Waals surface area contributed by atoms with Crippen LogP contribution in [0.25, 0.3) is 11.3 Å². The number of nitrogens with zero attached hydrogens (tertiary/aromatic N) is 1. The highest BCUT2D eigenvalue weighted by atomic mass is 35.5. The number of hydrogen-bond donors (Lipinski definition) is 1. The van der Waals surface area contributed by atoms with E-state index >= 15 is 0 Å². The predicted molar refractivity (Wildman–Crippen MR) is 89.4 cm³/mol. The zero-order valence-electron chi connectivity index (χ0n) is 12.0. The molecular formula is C17H12Cl2N2O2. The number of fused-ring (bicyclic) bond motifs is 1. The second-order valence-electron chi connectivity index (χ2n) is 5.23. The summed E-state index contributed by atoms with van der Waals surface area (Å²) >= 11 is 12.2. The summed E-state index contributed by atoms with van der Waals surface area (Å²) in [4.78, 5) is 7.72. The molecule has 0 amide bonds. The smallest absolute Gasteiger partial charge is 0.231 e. The highest BCUT2D eigenvalue weighted by Gasteiger charge is 2.14. The fourth-order valence-corrected chi connectivity index (χ4v) is 3.05. The Kier molecular flexibility index (Phi) is 3.63. The van der Waals surface area contributed by atoms with E-state index in [0.717, 1.165) is 34.1 Å². The van der Waals surface area contributed by atoms with Crippen LogP contribution in [0.15, 0.2) is 42.6 Å². The van der Waals surface area contributed by atoms with Crippen molar-refractivity contribution in [1.29, 1.82) is 0 Å². The summed E-state index contributed by atoms with van der Waals surface area (Å²) in [6.07, 6.45) is 2.44. The number of nitrogens with one attached hydrogen (secondary N) is 1. The summed E-state index contributed by atoms with van der Waals surface area (Å²) in [6, 6.07) is 11.3. The molecular weight excluding hydrogens is 335 g/mol. The van der Waals surface area contributed by atoms with E-state index in [1.165, 1.54) is 0 Å². The van der Waals surface area contributed by atoms with Crippen molar-refractivity contribution in [3.05, 3.63) is 64.0 Å². The van der Waals surface area contributed by atoms with Crippen LogP contribution >= 0.6 is 23.2 Å². The van der Waals surface area contributed by atoms with Crippen LogP contribution in [0.1, 0.15) is 11.4 Å². The summed E-state index contributed by atoms with van der Waals surface area (Å²) in [7, 11) is 0. The number of aromatic nitrogens is 2. The van der Waals surface area contributed by atoms with E-state index in [1.807, 2.05) is 24.3 Å². The number of imidazole rings is 1. The Hall–Kier alpha value is -2.17. The van der Waals surface area contributed by atoms with Crippen LogP contribution < -0.4 is 9.47 Å². The van der Waals surface area contributed by atoms with Gasteiger partial charge in [0.15, 0.2) is 11.5 Å². The van der Waals surface area contributed by atoms with Crippen molar-refractivity contribution in [2.75, 3.05) is 6.79 Å². The molecule has 1 aliphatic rings. The molecule has 2 heterocycles. The Balaban J connectivity index is 1.58. The zero-order chi connectivity index (χ0) is 15.8. The van der Waals surface area contributed by atoms with Crippen molar-refractivity contribution < 1.29 is 9.47 Å². The minimum atomic E-state index is 0.277. The van der Waals surface area contributed by atoms with E-state index < -0.39 is 0 Å². The first-order valence-electron chi connectivity index (χ1n) is 7.07. The van der Waals surface area contributed by atoms with Gasteiger partial charge in [0, 0.05) is 17.0 Å². The number of benzene rings is 2. The Morgan fingerprint density at radius 2 is 1.91 bits per heavy atom. The minimum absolute atomic E-state index is 0.277. The molecule has 0 saturated carbocycles. The summed E-state index contributed by atoms with van der Waals surface area (Å²) in [5.41, 5.74) is 2.83. The summed E-state index contributed by atoms with van der Waals surface area (Å²) in [5, 5.41) is 1.20. The third-order valence-corrected chi connectivity index (χ3v) is 4.21. The van der Waals surface area contributed by atoms with Crippen LogP contribution in [-0.4, -0.2) is 16.8 Å². The summed E-state index contributed by atoms with van der Waals surface area (Å²) in [5.74, 6) is 2.40. The van der Waals surface area contributed by atoms with Gasteiger partial charge >= 0.3 is 0 Å². The highest BCUT2D eigenvalue weighted by Crippen LogP contribution is 2.33. The molecule has 3 aromatic rings. The molecule has 0 bridgehead atoms. The van der Waals surface area contributed by atoms with E-state index in [4.69, 9.17) is 32.7 Å². The van der Waals surface area contributed by atoms with Gasteiger partial charge in [-0.05, 0) is 35.9 Å². The van der Waals surface area contributed by atoms with Crippen molar-refractivity contribution in [1.82, 2.24) is 9.97 Å². The third kappa shape index (κ3) is 2.87. The molecule has 116 valence electrons. The molecule has 2 aromatic carbocycles. The topological polar surface area (TPSA) is 47.1 Å². The SMILES string of the molecule is Clc1ccc(-c2cnc(Cc3ccc4c(c3)OCO4)[nH]2)c(Cl)c1. The zero-order valence-corrected chi connectivity index (χ0v) is 13.5. The van der Waals surface area contributed by atoms with Gasteiger partial charge in [-0.1, -0.05) is 29.3 Å². The van der Waals surface area contributed by atoms with Crippen molar-refractivity contribution in [2.24, 2.45) is 0 Å². The predicted octanol–water partition coefficient (Wildman–Crippen LogP) is 4.70. The Morgan fingerprint density at radius 1 is 1.04 bits per heavy atom. The molecule has 0 radical (unpaired) electrons. The minimum Gasteiger partial charge on any atom is -0.454 e. The van der Waals surface area contributed by atoms with Crippen LogP contribution in [-0.2, 0) is 6.42 Å². The quantitative estimate of drug-likeness (QED) is 0.747. The lowest BCUT2D eigenvalue weighted by molar-refractivity contribution is 0.174. The molecule has 1 aliphatic heterocycles. The van der Waals surface area contributed by atoms with E-state index in [-0.39, 0.29) is 6.79 Å². The Bertz CT molecular complexity index is 877. The van der Waals surface area contributed by atoms with E-state index in [1.54, 1.807) is 18.3 Å². The maximum atomic E-state index is 6.23. The molecule has 0 atom stereocenters. The summed E-state index contributed by atoms with van der Waals surface area (Å²) in [6.45, 7) is 0.277. The van der Waals surface area contributed by atoms with E-state index in [0.29, 0.717) is 16.5 Å². The van der Waals surface area contributed by atoms with Crippen molar-refractivity contribution in [2.45, 2.75) is 6.42 Å². The number of ether oxygens (including phenoxy) is 2. The first-order chi connectivity index (χ1) is 11.2. The second kappa shape index (κ2) is 5.80. The van der Waals surface area contributed by atoms with E-state index in [2.05, 4.69) is 9.97 Å². The lowest BCUT2D eigenvalue weighted by atomic mass is 10.1. The molecule has 1 aromatic heterocycles. The number of halogens is 2. The average Bonchev–Trinajstić information content (AvgIpc) is 3.16. The van der Waals surface area contributed by atoms with Gasteiger partial charge in [0.25, 0.3) is 0 Å². The van der Waals surface area contributed by atoms with E-state index in [9.17, 15) is 0 Å². The average molecular weight is 347 g/mol. The monoisotopic (exact) mass is 346 g/mol. The van der Waals surface area contributed by atoms with Crippen LogP contribution in [0.2, 0.25) is 10.0 Å². The highest BCUT2D eigenvalue weighted by molar-refractivity contribution is 6.36. The molecule has 0 fully saturated rings. The molecule has 6 heteroatoms. The van der Waals surface area contributed by atoms with Gasteiger partial charge in [0.2, 0.25) is 6.79 Å². The Labute approximate surface area is 143 Å². The standard InChI is InChI=1S/C17H12Cl2N2O2/c18-11-2-3-12(13(19)7-11)14-8-20-17(21-14)6-10-1-4-15-16(5-10)23-9-22-15/h1-5,7-8H,6,9H2,(H,20,21). The van der Waals surface area contributed by atoms with Gasteiger partial charge in [-0.2, -0.15) is 0 Å². The molecule has 0 saturated heterocycles.